The average molecular weight is 389 g/mol. The van der Waals surface area contributed by atoms with Crippen molar-refractivity contribution in [3.8, 4) is 5.75 Å². The van der Waals surface area contributed by atoms with E-state index in [-0.39, 0.29) is 5.91 Å². The summed E-state index contributed by atoms with van der Waals surface area (Å²) in [4.78, 5) is 18.1. The number of hydrogen-bond acceptors (Lipinski definition) is 4. The highest BCUT2D eigenvalue weighted by Gasteiger charge is 2.23. The lowest BCUT2D eigenvalue weighted by Gasteiger charge is -2.26. The summed E-state index contributed by atoms with van der Waals surface area (Å²) < 4.78 is 11.3. The number of nitrogens with one attached hydrogen (secondary N) is 2. The number of nitrogens with zero attached hydrogens (tertiary/aromatic N) is 1. The van der Waals surface area contributed by atoms with Gasteiger partial charge in [-0.2, -0.15) is 0 Å². The highest BCUT2D eigenvalue weighted by molar-refractivity contribution is 6.34. The van der Waals surface area contributed by atoms with Crippen LogP contribution in [-0.2, 0) is 9.53 Å². The third-order valence-corrected chi connectivity index (χ3v) is 5.40. The smallest absolute Gasteiger partial charge is 0.256 e. The van der Waals surface area contributed by atoms with Crippen LogP contribution in [0, 0.1) is 0 Å². The Kier molecular flexibility index (Phi) is 4.79. The Labute approximate surface area is 169 Å². The van der Waals surface area contributed by atoms with Crippen molar-refractivity contribution in [2.75, 3.05) is 44.8 Å². The molecule has 0 atom stereocenters. The van der Waals surface area contributed by atoms with Gasteiger partial charge in [0.15, 0.2) is 0 Å². The normalized spacial score (nSPS) is 18.2. The van der Waals surface area contributed by atoms with Crippen molar-refractivity contribution < 1.29 is 14.3 Å². The second kappa shape index (κ2) is 7.73. The molecule has 1 saturated heterocycles. The Bertz CT molecular complexity index is 1080. The summed E-state index contributed by atoms with van der Waals surface area (Å²) in [5, 5.41) is 3.97. The van der Waals surface area contributed by atoms with E-state index in [0.717, 1.165) is 66.4 Å². The quantitative estimate of drug-likeness (QED) is 0.657. The predicted molar refractivity (Wildman–Crippen MR) is 114 cm³/mol. The molecule has 6 nitrogen and oxygen atoms in total. The molecule has 3 heterocycles. The summed E-state index contributed by atoms with van der Waals surface area (Å²) in [6.45, 7) is 5.10. The van der Waals surface area contributed by atoms with Crippen molar-refractivity contribution >= 4 is 34.1 Å². The predicted octanol–water partition coefficient (Wildman–Crippen LogP) is 3.37. The van der Waals surface area contributed by atoms with Crippen LogP contribution in [0.2, 0.25) is 0 Å². The number of benzene rings is 2. The molecule has 5 rings (SSSR count). The molecule has 0 spiro atoms. The molecule has 2 aromatic carbocycles. The molecule has 0 saturated carbocycles. The van der Waals surface area contributed by atoms with E-state index in [1.54, 1.807) is 0 Å². The first kappa shape index (κ1) is 18.0. The van der Waals surface area contributed by atoms with Gasteiger partial charge in [-0.3, -0.25) is 9.69 Å². The minimum atomic E-state index is -0.0722. The Hall–Kier alpha value is -3.09. The number of ether oxygens (including phenoxy) is 2. The van der Waals surface area contributed by atoms with E-state index in [2.05, 4.69) is 15.2 Å². The third-order valence-electron chi connectivity index (χ3n) is 5.40. The number of amides is 1. The monoisotopic (exact) mass is 389 g/mol. The molecule has 6 heteroatoms. The molecule has 0 unspecified atom stereocenters. The average Bonchev–Trinajstić information content (AvgIpc) is 3.29. The van der Waals surface area contributed by atoms with Gasteiger partial charge in [0, 0.05) is 47.5 Å². The first-order valence-corrected chi connectivity index (χ1v) is 9.94. The summed E-state index contributed by atoms with van der Waals surface area (Å²) in [6, 6.07) is 15.8. The maximum absolute atomic E-state index is 12.3. The van der Waals surface area contributed by atoms with Crippen LogP contribution in [-0.4, -0.2) is 55.2 Å². The van der Waals surface area contributed by atoms with Crippen molar-refractivity contribution in [2.45, 2.75) is 0 Å². The van der Waals surface area contributed by atoms with Crippen LogP contribution in [0.4, 0.5) is 5.69 Å². The van der Waals surface area contributed by atoms with Crippen LogP contribution in [0.25, 0.3) is 22.6 Å². The number of rotatable bonds is 5. The van der Waals surface area contributed by atoms with E-state index in [9.17, 15) is 4.79 Å². The molecule has 3 aromatic rings. The number of aromatic nitrogens is 1. The SMILES string of the molecule is O=C1Nc2ccccc2/C1=C\c1cc2cc(OCCN3CCOCC3)ccc2[nH]1. The fraction of sp³-hybridized carbons (Fsp3) is 0.261. The number of fused-ring (bicyclic) bond motifs is 2. The van der Waals surface area contributed by atoms with E-state index in [1.807, 2.05) is 54.6 Å². The fourth-order valence-corrected chi connectivity index (χ4v) is 3.86. The molecule has 0 aliphatic carbocycles. The molecular weight excluding hydrogens is 366 g/mol. The van der Waals surface area contributed by atoms with Gasteiger partial charge in [-0.05, 0) is 36.4 Å². The lowest BCUT2D eigenvalue weighted by Crippen LogP contribution is -2.38. The third kappa shape index (κ3) is 3.77. The summed E-state index contributed by atoms with van der Waals surface area (Å²) in [7, 11) is 0. The molecule has 29 heavy (non-hydrogen) atoms. The molecule has 1 fully saturated rings. The van der Waals surface area contributed by atoms with Gasteiger partial charge in [0.2, 0.25) is 0 Å². The maximum Gasteiger partial charge on any atom is 0.256 e. The van der Waals surface area contributed by atoms with Crippen LogP contribution < -0.4 is 10.1 Å². The van der Waals surface area contributed by atoms with Crippen molar-refractivity contribution in [1.82, 2.24) is 9.88 Å². The highest BCUT2D eigenvalue weighted by atomic mass is 16.5. The van der Waals surface area contributed by atoms with E-state index >= 15 is 0 Å². The summed E-state index contributed by atoms with van der Waals surface area (Å²) in [5.74, 6) is 0.782. The maximum atomic E-state index is 12.3. The van der Waals surface area contributed by atoms with Gasteiger partial charge in [-0.25, -0.2) is 0 Å². The molecule has 2 aliphatic rings. The molecule has 1 aromatic heterocycles. The number of anilines is 1. The van der Waals surface area contributed by atoms with Crippen LogP contribution in [0.3, 0.4) is 0 Å². The van der Waals surface area contributed by atoms with Crippen LogP contribution >= 0.6 is 0 Å². The van der Waals surface area contributed by atoms with Gasteiger partial charge in [-0.1, -0.05) is 18.2 Å². The zero-order valence-electron chi connectivity index (χ0n) is 16.1. The number of para-hydroxylation sites is 1. The van der Waals surface area contributed by atoms with Crippen molar-refractivity contribution in [3.63, 3.8) is 0 Å². The number of morpholine rings is 1. The van der Waals surface area contributed by atoms with E-state index < -0.39 is 0 Å². The molecule has 0 radical (unpaired) electrons. The lowest BCUT2D eigenvalue weighted by molar-refractivity contribution is -0.110. The Morgan fingerprint density at radius 2 is 1.97 bits per heavy atom. The van der Waals surface area contributed by atoms with Gasteiger partial charge < -0.3 is 19.8 Å². The second-order valence-corrected chi connectivity index (χ2v) is 7.33. The minimum absolute atomic E-state index is 0.0722. The van der Waals surface area contributed by atoms with Crippen LogP contribution in [0.15, 0.2) is 48.5 Å². The summed E-state index contributed by atoms with van der Waals surface area (Å²) >= 11 is 0. The number of carbonyl (C=O) groups excluding carboxylic acids is 1. The molecule has 2 N–H and O–H groups in total. The zero-order valence-corrected chi connectivity index (χ0v) is 16.1. The Morgan fingerprint density at radius 1 is 1.10 bits per heavy atom. The van der Waals surface area contributed by atoms with E-state index in [0.29, 0.717) is 12.2 Å². The fourth-order valence-electron chi connectivity index (χ4n) is 3.86. The van der Waals surface area contributed by atoms with Gasteiger partial charge in [-0.15, -0.1) is 0 Å². The standard InChI is InChI=1S/C23H23N3O3/c27-23-20(19-3-1-2-4-22(19)25-23)15-17-13-16-14-18(5-6-21(16)24-17)29-12-9-26-7-10-28-11-8-26/h1-6,13-15,24H,7-12H2,(H,25,27)/b20-15+. The Balaban J connectivity index is 1.31. The number of hydrogen-bond donors (Lipinski definition) is 2. The van der Waals surface area contributed by atoms with E-state index in [1.165, 1.54) is 0 Å². The number of H-pyrrole nitrogens is 1. The van der Waals surface area contributed by atoms with Crippen molar-refractivity contribution in [1.29, 1.82) is 0 Å². The van der Waals surface area contributed by atoms with Gasteiger partial charge in [0.1, 0.15) is 12.4 Å². The minimum Gasteiger partial charge on any atom is -0.492 e. The first-order chi connectivity index (χ1) is 14.3. The largest absolute Gasteiger partial charge is 0.492 e. The molecule has 1 amide bonds. The van der Waals surface area contributed by atoms with Crippen molar-refractivity contribution in [2.24, 2.45) is 0 Å². The first-order valence-electron chi connectivity index (χ1n) is 9.94. The van der Waals surface area contributed by atoms with E-state index in [4.69, 9.17) is 9.47 Å². The van der Waals surface area contributed by atoms with Crippen molar-refractivity contribution in [3.05, 3.63) is 59.8 Å². The highest BCUT2D eigenvalue weighted by Crippen LogP contribution is 2.33. The molecule has 148 valence electrons. The van der Waals surface area contributed by atoms with Gasteiger partial charge in [0.05, 0.1) is 18.8 Å². The number of aromatic amines is 1. The van der Waals surface area contributed by atoms with Crippen LogP contribution in [0.5, 0.6) is 5.75 Å². The van der Waals surface area contributed by atoms with Gasteiger partial charge >= 0.3 is 0 Å². The second-order valence-electron chi connectivity index (χ2n) is 7.33. The molecule has 2 aliphatic heterocycles. The topological polar surface area (TPSA) is 66.6 Å². The zero-order chi connectivity index (χ0) is 19.6. The number of carbonyl (C=O) groups is 1. The lowest BCUT2D eigenvalue weighted by atomic mass is 10.1. The Morgan fingerprint density at radius 3 is 2.86 bits per heavy atom. The molecular formula is C23H23N3O3. The molecule has 0 bridgehead atoms. The van der Waals surface area contributed by atoms with Gasteiger partial charge in [0.25, 0.3) is 5.91 Å². The summed E-state index contributed by atoms with van der Waals surface area (Å²) in [6.07, 6.45) is 1.90. The van der Waals surface area contributed by atoms with Crippen LogP contribution in [0.1, 0.15) is 11.3 Å². The summed E-state index contributed by atoms with van der Waals surface area (Å²) in [5.41, 5.74) is 4.38.